The maximum Gasteiger partial charge on any atom is 0.305 e. The summed E-state index contributed by atoms with van der Waals surface area (Å²) < 4.78 is 0.427. The van der Waals surface area contributed by atoms with Gasteiger partial charge in [-0.15, -0.1) is 0 Å². The van der Waals surface area contributed by atoms with Crippen LogP contribution < -0.4 is 4.90 Å². The summed E-state index contributed by atoms with van der Waals surface area (Å²) in [4.78, 5) is 27.7. The van der Waals surface area contributed by atoms with E-state index in [1.807, 2.05) is 12.1 Å². The van der Waals surface area contributed by atoms with Crippen molar-refractivity contribution in [3.8, 4) is 0 Å². The second-order valence-corrected chi connectivity index (χ2v) is 8.49. The molecule has 1 saturated heterocycles. The van der Waals surface area contributed by atoms with Crippen LogP contribution in [-0.4, -0.2) is 45.8 Å². The third kappa shape index (κ3) is 4.71. The minimum atomic E-state index is -0.935. The van der Waals surface area contributed by atoms with Gasteiger partial charge in [0, 0.05) is 25.3 Å². The van der Waals surface area contributed by atoms with Crippen molar-refractivity contribution in [3.63, 3.8) is 0 Å². The number of amides is 1. The Labute approximate surface area is 169 Å². The first kappa shape index (κ1) is 19.9. The van der Waals surface area contributed by atoms with Crippen LogP contribution in [0.15, 0.2) is 23.1 Å². The van der Waals surface area contributed by atoms with Crippen LogP contribution >= 0.6 is 24.0 Å². The van der Waals surface area contributed by atoms with Crippen molar-refractivity contribution in [1.82, 2.24) is 4.90 Å². The number of thioether (sulfide) groups is 1. The van der Waals surface area contributed by atoms with E-state index in [2.05, 4.69) is 24.0 Å². The number of unbranched alkanes of at least 4 members (excludes halogenated alkanes) is 1. The number of hydrogen-bond acceptors (Lipinski definition) is 5. The quantitative estimate of drug-likeness (QED) is 0.549. The van der Waals surface area contributed by atoms with Crippen LogP contribution in [-0.2, 0) is 16.0 Å². The molecule has 2 aliphatic heterocycles. The Hall–Kier alpha value is -1.86. The summed E-state index contributed by atoms with van der Waals surface area (Å²) >= 11 is 6.49. The lowest BCUT2D eigenvalue weighted by Gasteiger charge is -2.31. The highest BCUT2D eigenvalue weighted by Gasteiger charge is 2.32. The van der Waals surface area contributed by atoms with E-state index in [1.165, 1.54) is 40.8 Å². The lowest BCUT2D eigenvalue weighted by atomic mass is 9.98. The van der Waals surface area contributed by atoms with Crippen molar-refractivity contribution in [2.24, 2.45) is 0 Å². The maximum atomic E-state index is 12.5. The molecular weight excluding hydrogens is 380 g/mol. The molecule has 144 valence electrons. The van der Waals surface area contributed by atoms with E-state index in [0.717, 1.165) is 31.5 Å². The van der Waals surface area contributed by atoms with Gasteiger partial charge in [-0.05, 0) is 48.6 Å². The van der Waals surface area contributed by atoms with Gasteiger partial charge in [-0.25, -0.2) is 0 Å². The van der Waals surface area contributed by atoms with Gasteiger partial charge >= 0.3 is 5.97 Å². The largest absolute Gasteiger partial charge is 0.481 e. The SMILES string of the molecule is CCCCN1CCCc2cc(C=C3SC(=S)N(CCC(=O)O)C3=O)ccc21. The number of carbonyl (C=O) groups excluding carboxylic acids is 1. The first-order valence-electron chi connectivity index (χ1n) is 9.34. The average molecular weight is 405 g/mol. The van der Waals surface area contributed by atoms with E-state index in [1.54, 1.807) is 0 Å². The second-order valence-electron chi connectivity index (χ2n) is 6.81. The Morgan fingerprint density at radius 2 is 2.19 bits per heavy atom. The summed E-state index contributed by atoms with van der Waals surface area (Å²) in [6.07, 6.45) is 6.35. The van der Waals surface area contributed by atoms with Crippen LogP contribution in [0.3, 0.4) is 0 Å². The highest BCUT2D eigenvalue weighted by molar-refractivity contribution is 8.26. The average Bonchev–Trinajstić information content (AvgIpc) is 2.91. The van der Waals surface area contributed by atoms with Crippen molar-refractivity contribution in [3.05, 3.63) is 34.2 Å². The normalized spacial score (nSPS) is 18.3. The molecule has 0 unspecified atom stereocenters. The summed E-state index contributed by atoms with van der Waals surface area (Å²) in [5, 5.41) is 8.83. The molecule has 1 amide bonds. The van der Waals surface area contributed by atoms with Gasteiger partial charge in [-0.3, -0.25) is 14.5 Å². The maximum absolute atomic E-state index is 12.5. The van der Waals surface area contributed by atoms with E-state index in [9.17, 15) is 9.59 Å². The second kappa shape index (κ2) is 8.89. The number of aliphatic carboxylic acids is 1. The number of benzene rings is 1. The first-order chi connectivity index (χ1) is 13.0. The molecule has 0 aliphatic carbocycles. The lowest BCUT2D eigenvalue weighted by molar-refractivity contribution is -0.137. The number of fused-ring (bicyclic) bond motifs is 1. The number of hydrogen-bond donors (Lipinski definition) is 1. The Morgan fingerprint density at radius 1 is 1.37 bits per heavy atom. The van der Waals surface area contributed by atoms with Crippen molar-refractivity contribution >= 4 is 51.9 Å². The molecule has 3 rings (SSSR count). The fourth-order valence-electron chi connectivity index (χ4n) is 3.42. The molecule has 0 radical (unpaired) electrons. The molecule has 0 spiro atoms. The standard InChI is InChI=1S/C20H24N2O3S2/c1-2-3-9-21-10-4-5-15-12-14(6-7-16(15)21)13-17-19(25)22(20(26)27-17)11-8-18(23)24/h6-7,12-13H,2-5,8-11H2,1H3,(H,23,24). The molecule has 7 heteroatoms. The number of anilines is 1. The highest BCUT2D eigenvalue weighted by atomic mass is 32.2. The summed E-state index contributed by atoms with van der Waals surface area (Å²) in [5.74, 6) is -1.14. The van der Waals surface area contributed by atoms with Gasteiger partial charge in [0.2, 0.25) is 0 Å². The van der Waals surface area contributed by atoms with Gasteiger partial charge < -0.3 is 10.0 Å². The summed E-state index contributed by atoms with van der Waals surface area (Å²) in [6, 6.07) is 6.37. The van der Waals surface area contributed by atoms with Gasteiger partial charge in [0.05, 0.1) is 11.3 Å². The molecule has 0 saturated carbocycles. The summed E-state index contributed by atoms with van der Waals surface area (Å²) in [6.45, 7) is 4.52. The van der Waals surface area contributed by atoms with E-state index in [0.29, 0.717) is 9.23 Å². The zero-order valence-electron chi connectivity index (χ0n) is 15.4. The van der Waals surface area contributed by atoms with Crippen molar-refractivity contribution in [2.45, 2.75) is 39.0 Å². The van der Waals surface area contributed by atoms with Crippen LogP contribution in [0.4, 0.5) is 5.69 Å². The molecule has 1 N–H and O–H groups in total. The number of carboxylic acids is 1. The molecule has 1 fully saturated rings. The van der Waals surface area contributed by atoms with Crippen LogP contribution in [0, 0.1) is 0 Å². The fraction of sp³-hybridized carbons (Fsp3) is 0.450. The number of aryl methyl sites for hydroxylation is 1. The molecule has 1 aromatic carbocycles. The monoisotopic (exact) mass is 404 g/mol. The van der Waals surface area contributed by atoms with E-state index < -0.39 is 5.97 Å². The predicted octanol–water partition coefficient (Wildman–Crippen LogP) is 3.92. The number of rotatable bonds is 7. The molecule has 5 nitrogen and oxygen atoms in total. The van der Waals surface area contributed by atoms with Crippen molar-refractivity contribution < 1.29 is 14.7 Å². The van der Waals surface area contributed by atoms with Crippen molar-refractivity contribution in [1.29, 1.82) is 0 Å². The topological polar surface area (TPSA) is 60.9 Å². The van der Waals surface area contributed by atoms with Gasteiger partial charge in [0.25, 0.3) is 5.91 Å². The third-order valence-electron chi connectivity index (χ3n) is 4.82. The van der Waals surface area contributed by atoms with E-state index >= 15 is 0 Å². The van der Waals surface area contributed by atoms with E-state index in [4.69, 9.17) is 17.3 Å². The molecular formula is C20H24N2O3S2. The molecule has 2 aliphatic rings. The van der Waals surface area contributed by atoms with Gasteiger partial charge in [0.1, 0.15) is 4.32 Å². The molecule has 2 heterocycles. The molecule has 0 aromatic heterocycles. The van der Waals surface area contributed by atoms with E-state index in [-0.39, 0.29) is 18.9 Å². The number of carbonyl (C=O) groups is 2. The highest BCUT2D eigenvalue weighted by Crippen LogP contribution is 2.34. The van der Waals surface area contributed by atoms with Crippen LogP contribution in [0.1, 0.15) is 43.7 Å². The third-order valence-corrected chi connectivity index (χ3v) is 6.20. The molecule has 0 bridgehead atoms. The van der Waals surface area contributed by atoms with Crippen LogP contribution in [0.25, 0.3) is 6.08 Å². The zero-order valence-corrected chi connectivity index (χ0v) is 17.1. The molecule has 0 atom stereocenters. The van der Waals surface area contributed by atoms with Crippen LogP contribution in [0.5, 0.6) is 0 Å². The predicted molar refractivity (Wildman–Crippen MR) is 114 cm³/mol. The van der Waals surface area contributed by atoms with Gasteiger partial charge in [0.15, 0.2) is 0 Å². The Morgan fingerprint density at radius 3 is 2.93 bits per heavy atom. The number of nitrogens with zero attached hydrogens (tertiary/aromatic N) is 2. The minimum Gasteiger partial charge on any atom is -0.481 e. The van der Waals surface area contributed by atoms with Crippen LogP contribution in [0.2, 0.25) is 0 Å². The summed E-state index contributed by atoms with van der Waals surface area (Å²) in [7, 11) is 0. The molecule has 1 aromatic rings. The smallest absolute Gasteiger partial charge is 0.305 e. The number of thiocarbonyl (C=S) groups is 1. The Balaban J connectivity index is 1.77. The zero-order chi connectivity index (χ0) is 19.4. The lowest BCUT2D eigenvalue weighted by Crippen LogP contribution is -2.30. The molecule has 27 heavy (non-hydrogen) atoms. The van der Waals surface area contributed by atoms with Gasteiger partial charge in [-0.2, -0.15) is 0 Å². The summed E-state index contributed by atoms with van der Waals surface area (Å²) in [5.41, 5.74) is 3.62. The minimum absolute atomic E-state index is 0.105. The van der Waals surface area contributed by atoms with Crippen molar-refractivity contribution in [2.75, 3.05) is 24.5 Å². The Bertz CT molecular complexity index is 791. The van der Waals surface area contributed by atoms with Gasteiger partial charge in [-0.1, -0.05) is 43.4 Å². The Kier molecular flexibility index (Phi) is 6.55. The fourth-order valence-corrected chi connectivity index (χ4v) is 4.73. The first-order valence-corrected chi connectivity index (χ1v) is 10.6. The number of carboxylic acid groups (broad SMARTS) is 1.